The van der Waals surface area contributed by atoms with Gasteiger partial charge in [-0.1, -0.05) is 36.9 Å². The summed E-state index contributed by atoms with van der Waals surface area (Å²) in [5, 5.41) is 0. The maximum absolute atomic E-state index is 12.1. The van der Waals surface area contributed by atoms with Crippen LogP contribution in [0.1, 0.15) is 25.8 Å². The molecule has 0 saturated carbocycles. The molecule has 6 heteroatoms. The van der Waals surface area contributed by atoms with Gasteiger partial charge in [-0.25, -0.2) is 9.59 Å². The van der Waals surface area contributed by atoms with E-state index in [-0.39, 0.29) is 18.8 Å². The highest BCUT2D eigenvalue weighted by atomic mass is 16.6. The number of ether oxygens (including phenoxy) is 3. The van der Waals surface area contributed by atoms with Crippen molar-refractivity contribution in [1.29, 1.82) is 0 Å². The van der Waals surface area contributed by atoms with Gasteiger partial charge in [-0.15, -0.1) is 0 Å². The van der Waals surface area contributed by atoms with E-state index in [9.17, 15) is 14.4 Å². The van der Waals surface area contributed by atoms with Crippen LogP contribution < -0.4 is 0 Å². The van der Waals surface area contributed by atoms with E-state index in [0.717, 1.165) is 5.56 Å². The number of rotatable bonds is 8. The number of esters is 3. The van der Waals surface area contributed by atoms with Gasteiger partial charge in [-0.3, -0.25) is 4.79 Å². The Morgan fingerprint density at radius 1 is 1.13 bits per heavy atom. The maximum atomic E-state index is 12.1. The highest BCUT2D eigenvalue weighted by molar-refractivity contribution is 5.90. The third kappa shape index (κ3) is 6.78. The Bertz CT molecular complexity index is 564. The van der Waals surface area contributed by atoms with E-state index in [1.165, 1.54) is 6.92 Å². The van der Waals surface area contributed by atoms with Crippen LogP contribution in [0.15, 0.2) is 42.5 Å². The van der Waals surface area contributed by atoms with Crippen molar-refractivity contribution in [3.8, 4) is 0 Å². The van der Waals surface area contributed by atoms with Crippen molar-refractivity contribution in [1.82, 2.24) is 0 Å². The van der Waals surface area contributed by atoms with E-state index in [1.807, 2.05) is 6.07 Å². The van der Waals surface area contributed by atoms with Crippen LogP contribution in [-0.2, 0) is 35.2 Å². The van der Waals surface area contributed by atoms with Gasteiger partial charge in [0.25, 0.3) is 0 Å². The molecule has 0 heterocycles. The van der Waals surface area contributed by atoms with Gasteiger partial charge in [0.1, 0.15) is 6.61 Å². The van der Waals surface area contributed by atoms with Crippen molar-refractivity contribution in [3.05, 3.63) is 48.0 Å². The molecule has 1 aromatic carbocycles. The lowest BCUT2D eigenvalue weighted by molar-refractivity contribution is -0.170. The number of hydrogen-bond donors (Lipinski definition) is 0. The van der Waals surface area contributed by atoms with E-state index in [2.05, 4.69) is 6.58 Å². The summed E-state index contributed by atoms with van der Waals surface area (Å²) in [6.07, 6.45) is -1.76. The molecule has 1 atom stereocenters. The van der Waals surface area contributed by atoms with Crippen LogP contribution in [0.25, 0.3) is 0 Å². The molecule has 0 N–H and O–H groups in total. The van der Waals surface area contributed by atoms with Crippen LogP contribution in [0.3, 0.4) is 0 Å². The van der Waals surface area contributed by atoms with Crippen molar-refractivity contribution >= 4 is 17.9 Å². The lowest BCUT2D eigenvalue weighted by atomic mass is 10.2. The van der Waals surface area contributed by atoms with Gasteiger partial charge >= 0.3 is 17.9 Å². The summed E-state index contributed by atoms with van der Waals surface area (Å²) < 4.78 is 14.8. The van der Waals surface area contributed by atoms with E-state index in [0.29, 0.717) is 0 Å². The molecule has 0 spiro atoms. The first-order valence-electron chi connectivity index (χ1n) is 7.16. The Morgan fingerprint density at radius 3 is 2.35 bits per heavy atom. The normalized spacial score (nSPS) is 11.2. The number of hydrogen-bond acceptors (Lipinski definition) is 6. The van der Waals surface area contributed by atoms with Crippen LogP contribution in [0.5, 0.6) is 0 Å². The smallest absolute Gasteiger partial charge is 0.348 e. The second-order valence-corrected chi connectivity index (χ2v) is 4.78. The quantitative estimate of drug-likeness (QED) is 0.415. The fraction of sp³-hybridized carbons (Fsp3) is 0.353. The summed E-state index contributed by atoms with van der Waals surface area (Å²) in [5.74, 6) is -2.23. The summed E-state index contributed by atoms with van der Waals surface area (Å²) >= 11 is 0. The fourth-order valence-electron chi connectivity index (χ4n) is 1.60. The number of carbonyl (C=O) groups excluding carboxylic acids is 3. The summed E-state index contributed by atoms with van der Waals surface area (Å²) in [5.41, 5.74) is 0.900. The van der Waals surface area contributed by atoms with E-state index < -0.39 is 30.4 Å². The first-order valence-corrected chi connectivity index (χ1v) is 7.16. The second kappa shape index (κ2) is 9.40. The van der Waals surface area contributed by atoms with Crippen molar-refractivity contribution in [2.75, 3.05) is 6.61 Å². The van der Waals surface area contributed by atoms with Crippen molar-refractivity contribution in [2.24, 2.45) is 0 Å². The van der Waals surface area contributed by atoms with Gasteiger partial charge in [-0.2, -0.15) is 0 Å². The number of benzene rings is 1. The van der Waals surface area contributed by atoms with Crippen molar-refractivity contribution in [2.45, 2.75) is 33.0 Å². The maximum Gasteiger partial charge on any atom is 0.348 e. The SMILES string of the molecule is C=C(C)C(=O)OC(CC(=O)OCC)C(=O)OCc1ccccc1. The first kappa shape index (κ1) is 18.4. The average Bonchev–Trinajstić information content (AvgIpc) is 2.53. The molecule has 0 aromatic heterocycles. The topological polar surface area (TPSA) is 78.9 Å². The lowest BCUT2D eigenvalue weighted by Crippen LogP contribution is -2.32. The molecule has 0 fully saturated rings. The molecule has 6 nitrogen and oxygen atoms in total. The lowest BCUT2D eigenvalue weighted by Gasteiger charge is -2.16. The largest absolute Gasteiger partial charge is 0.466 e. The predicted octanol–water partition coefficient (Wildman–Crippen LogP) is 2.17. The van der Waals surface area contributed by atoms with Crippen molar-refractivity contribution in [3.63, 3.8) is 0 Å². The van der Waals surface area contributed by atoms with E-state index in [1.54, 1.807) is 31.2 Å². The molecule has 23 heavy (non-hydrogen) atoms. The Kier molecular flexibility index (Phi) is 7.53. The number of carbonyl (C=O) groups is 3. The summed E-state index contributed by atoms with van der Waals surface area (Å²) in [4.78, 5) is 35.2. The minimum absolute atomic E-state index is 0.0175. The molecular formula is C17H20O6. The van der Waals surface area contributed by atoms with Gasteiger partial charge in [-0.05, 0) is 19.4 Å². The Morgan fingerprint density at radius 2 is 1.78 bits per heavy atom. The molecule has 0 radical (unpaired) electrons. The minimum atomic E-state index is -1.36. The summed E-state index contributed by atoms with van der Waals surface area (Å²) in [7, 11) is 0. The minimum Gasteiger partial charge on any atom is -0.466 e. The van der Waals surface area contributed by atoms with Gasteiger partial charge < -0.3 is 14.2 Å². The fourth-order valence-corrected chi connectivity index (χ4v) is 1.60. The molecule has 1 unspecified atom stereocenters. The Balaban J connectivity index is 2.68. The van der Waals surface area contributed by atoms with Gasteiger partial charge in [0.05, 0.1) is 13.0 Å². The Hall–Kier alpha value is -2.63. The molecule has 0 aliphatic rings. The van der Waals surface area contributed by atoms with Gasteiger partial charge in [0.15, 0.2) is 0 Å². The Labute approximate surface area is 135 Å². The van der Waals surface area contributed by atoms with Crippen LogP contribution in [0.2, 0.25) is 0 Å². The highest BCUT2D eigenvalue weighted by Gasteiger charge is 2.28. The zero-order chi connectivity index (χ0) is 17.2. The van der Waals surface area contributed by atoms with Crippen LogP contribution in [-0.4, -0.2) is 30.6 Å². The third-order valence-electron chi connectivity index (χ3n) is 2.74. The molecule has 124 valence electrons. The van der Waals surface area contributed by atoms with E-state index >= 15 is 0 Å². The molecule has 1 aromatic rings. The molecule has 0 aliphatic carbocycles. The highest BCUT2D eigenvalue weighted by Crippen LogP contribution is 2.09. The average molecular weight is 320 g/mol. The van der Waals surface area contributed by atoms with Crippen LogP contribution >= 0.6 is 0 Å². The molecule has 0 saturated heterocycles. The van der Waals surface area contributed by atoms with Crippen LogP contribution in [0, 0.1) is 0 Å². The van der Waals surface area contributed by atoms with Crippen LogP contribution in [0.4, 0.5) is 0 Å². The molecule has 0 aliphatic heterocycles. The zero-order valence-electron chi connectivity index (χ0n) is 13.2. The zero-order valence-corrected chi connectivity index (χ0v) is 13.2. The molecule has 0 amide bonds. The predicted molar refractivity (Wildman–Crippen MR) is 82.2 cm³/mol. The van der Waals surface area contributed by atoms with Gasteiger partial charge in [0.2, 0.25) is 6.10 Å². The molecule has 1 rings (SSSR count). The van der Waals surface area contributed by atoms with E-state index in [4.69, 9.17) is 14.2 Å². The molecular weight excluding hydrogens is 300 g/mol. The van der Waals surface area contributed by atoms with Gasteiger partial charge in [0, 0.05) is 5.57 Å². The molecule has 0 bridgehead atoms. The first-order chi connectivity index (χ1) is 10.9. The third-order valence-corrected chi connectivity index (χ3v) is 2.74. The monoisotopic (exact) mass is 320 g/mol. The van der Waals surface area contributed by atoms with Crippen molar-refractivity contribution < 1.29 is 28.6 Å². The standard InChI is InChI=1S/C17H20O6/c1-4-21-15(18)10-14(23-16(19)12(2)3)17(20)22-11-13-8-6-5-7-9-13/h5-9,14H,2,4,10-11H2,1,3H3. The summed E-state index contributed by atoms with van der Waals surface area (Å²) in [6.45, 7) is 6.70. The second-order valence-electron chi connectivity index (χ2n) is 4.78. The summed E-state index contributed by atoms with van der Waals surface area (Å²) in [6, 6.07) is 9.02.